The van der Waals surface area contributed by atoms with Gasteiger partial charge in [-0.05, 0) is 43.0 Å². The Morgan fingerprint density at radius 3 is 2.78 bits per heavy atom. The van der Waals surface area contributed by atoms with Crippen molar-refractivity contribution < 1.29 is 14.3 Å². The van der Waals surface area contributed by atoms with Gasteiger partial charge in [0, 0.05) is 29.9 Å². The number of amides is 2. The molecule has 1 aromatic carbocycles. The molecule has 2 aromatic rings. The van der Waals surface area contributed by atoms with Crippen LogP contribution in [0.25, 0.3) is 0 Å². The molecule has 0 bridgehead atoms. The van der Waals surface area contributed by atoms with Gasteiger partial charge in [0.25, 0.3) is 10.9 Å². The summed E-state index contributed by atoms with van der Waals surface area (Å²) in [6, 6.07) is 11.7. The van der Waals surface area contributed by atoms with E-state index in [4.69, 9.17) is 0 Å². The van der Waals surface area contributed by atoms with E-state index in [0.29, 0.717) is 27.6 Å². The van der Waals surface area contributed by atoms with E-state index in [-0.39, 0.29) is 17.6 Å². The predicted molar refractivity (Wildman–Crippen MR) is 89.2 cm³/mol. The van der Waals surface area contributed by atoms with Crippen LogP contribution < -0.4 is 15.4 Å². The number of hydrogen-bond acceptors (Lipinski definition) is 4. The minimum absolute atomic E-state index is 0.109. The summed E-state index contributed by atoms with van der Waals surface area (Å²) in [6.07, 6.45) is 1.38. The number of anilines is 1. The maximum atomic E-state index is 12.0. The monoisotopic (exact) mass is 331 g/mol. The van der Waals surface area contributed by atoms with Crippen LogP contribution in [0.3, 0.4) is 0 Å². The third-order valence-corrected chi connectivity index (χ3v) is 3.90. The number of carbonyl (C=O) groups is 2. The van der Waals surface area contributed by atoms with E-state index >= 15 is 0 Å². The summed E-state index contributed by atoms with van der Waals surface area (Å²) >= 11 is 1.15. The fraction of sp³-hybridized carbons (Fsp3) is 0.188. The molecule has 0 saturated carbocycles. The van der Waals surface area contributed by atoms with E-state index in [2.05, 4.69) is 10.6 Å². The number of carbonyl (C=O) groups excluding carboxylic acids is 2. The first-order valence-electron chi connectivity index (χ1n) is 7.09. The minimum atomic E-state index is -0.244. The molecule has 0 aliphatic heterocycles. The lowest BCUT2D eigenvalue weighted by Gasteiger charge is -2.07. The van der Waals surface area contributed by atoms with E-state index in [1.165, 1.54) is 6.20 Å². The zero-order valence-electron chi connectivity index (χ0n) is 12.6. The third-order valence-electron chi connectivity index (χ3n) is 2.89. The highest BCUT2D eigenvalue weighted by molar-refractivity contribution is 7.99. The Hall–Kier alpha value is -2.54. The number of hydrogen-bond donors (Lipinski definition) is 2. The van der Waals surface area contributed by atoms with Crippen LogP contribution in [0.4, 0.5) is 5.69 Å². The SMILES string of the molecule is CCNC(=O)c1cccc(NC(=O)CSc2cccc[n+]2[O-])c1. The Kier molecular flexibility index (Phi) is 5.99. The standard InChI is InChI=1S/C16H17N3O3S/c1-2-17-16(21)12-6-5-7-13(10-12)18-14(20)11-23-15-8-3-4-9-19(15)22/h3-10H,2,11H2,1H3,(H,17,21)(H,18,20). The van der Waals surface area contributed by atoms with E-state index in [0.717, 1.165) is 11.8 Å². The summed E-state index contributed by atoms with van der Waals surface area (Å²) in [7, 11) is 0. The predicted octanol–water partition coefficient (Wildman–Crippen LogP) is 1.80. The number of benzene rings is 1. The highest BCUT2D eigenvalue weighted by Crippen LogP contribution is 2.15. The van der Waals surface area contributed by atoms with Gasteiger partial charge in [0.15, 0.2) is 6.20 Å². The van der Waals surface area contributed by atoms with Crippen molar-refractivity contribution in [1.29, 1.82) is 0 Å². The molecule has 6 nitrogen and oxygen atoms in total. The van der Waals surface area contributed by atoms with Crippen LogP contribution in [0.2, 0.25) is 0 Å². The molecule has 0 aliphatic carbocycles. The topological polar surface area (TPSA) is 85.1 Å². The van der Waals surface area contributed by atoms with E-state index in [1.54, 1.807) is 42.5 Å². The van der Waals surface area contributed by atoms with Crippen molar-refractivity contribution in [3.63, 3.8) is 0 Å². The third kappa shape index (κ3) is 5.00. The molecule has 0 atom stereocenters. The molecular formula is C16H17N3O3S. The molecule has 120 valence electrons. The molecule has 0 unspecified atom stereocenters. The Bertz CT molecular complexity index is 706. The van der Waals surface area contributed by atoms with Crippen LogP contribution in [-0.2, 0) is 4.79 Å². The van der Waals surface area contributed by atoms with Gasteiger partial charge in [-0.2, -0.15) is 4.73 Å². The van der Waals surface area contributed by atoms with E-state index in [9.17, 15) is 14.8 Å². The Morgan fingerprint density at radius 1 is 1.22 bits per heavy atom. The fourth-order valence-electron chi connectivity index (χ4n) is 1.86. The van der Waals surface area contributed by atoms with Gasteiger partial charge in [-0.25, -0.2) is 0 Å². The second-order valence-electron chi connectivity index (χ2n) is 4.64. The normalized spacial score (nSPS) is 10.1. The molecule has 2 N–H and O–H groups in total. The van der Waals surface area contributed by atoms with Gasteiger partial charge in [0.1, 0.15) is 0 Å². The van der Waals surface area contributed by atoms with Crippen molar-refractivity contribution >= 4 is 29.3 Å². The lowest BCUT2D eigenvalue weighted by Crippen LogP contribution is -2.28. The smallest absolute Gasteiger partial charge is 0.251 e. The molecule has 0 saturated heterocycles. The molecular weight excluding hydrogens is 314 g/mol. The number of nitrogens with one attached hydrogen (secondary N) is 2. The zero-order valence-corrected chi connectivity index (χ0v) is 13.4. The molecule has 0 spiro atoms. The average Bonchev–Trinajstić information content (AvgIpc) is 2.54. The summed E-state index contributed by atoms with van der Waals surface area (Å²) in [5.74, 6) is -0.320. The molecule has 0 aliphatic rings. The van der Waals surface area contributed by atoms with Gasteiger partial charge in [0.2, 0.25) is 5.91 Å². The van der Waals surface area contributed by atoms with Gasteiger partial charge in [-0.1, -0.05) is 6.07 Å². The first-order chi connectivity index (χ1) is 11.1. The van der Waals surface area contributed by atoms with Crippen molar-refractivity contribution in [1.82, 2.24) is 5.32 Å². The van der Waals surface area contributed by atoms with Gasteiger partial charge < -0.3 is 15.8 Å². The maximum Gasteiger partial charge on any atom is 0.251 e. The van der Waals surface area contributed by atoms with E-state index in [1.807, 2.05) is 6.92 Å². The van der Waals surface area contributed by atoms with Crippen LogP contribution in [-0.4, -0.2) is 24.1 Å². The van der Waals surface area contributed by atoms with Crippen LogP contribution in [0, 0.1) is 5.21 Å². The fourth-order valence-corrected chi connectivity index (χ4v) is 2.58. The van der Waals surface area contributed by atoms with Gasteiger partial charge in [-0.15, -0.1) is 0 Å². The molecule has 1 heterocycles. The molecule has 23 heavy (non-hydrogen) atoms. The summed E-state index contributed by atoms with van der Waals surface area (Å²) in [6.45, 7) is 2.38. The van der Waals surface area contributed by atoms with Crippen LogP contribution in [0.5, 0.6) is 0 Å². The van der Waals surface area contributed by atoms with Crippen LogP contribution >= 0.6 is 11.8 Å². The van der Waals surface area contributed by atoms with Crippen molar-refractivity contribution in [2.24, 2.45) is 0 Å². The van der Waals surface area contributed by atoms with Crippen molar-refractivity contribution in [3.05, 3.63) is 59.4 Å². The molecule has 1 aromatic heterocycles. The quantitative estimate of drug-likeness (QED) is 0.480. The summed E-state index contributed by atoms with van der Waals surface area (Å²) in [5, 5.41) is 17.4. The Labute approximate surface area is 138 Å². The summed E-state index contributed by atoms with van der Waals surface area (Å²) in [5.41, 5.74) is 1.03. The first-order valence-corrected chi connectivity index (χ1v) is 8.08. The molecule has 2 amide bonds. The highest BCUT2D eigenvalue weighted by atomic mass is 32.2. The van der Waals surface area contributed by atoms with Crippen LogP contribution in [0.15, 0.2) is 53.7 Å². The van der Waals surface area contributed by atoms with Gasteiger partial charge in [-0.3, -0.25) is 9.59 Å². The van der Waals surface area contributed by atoms with Gasteiger partial charge in [0.05, 0.1) is 5.75 Å². The minimum Gasteiger partial charge on any atom is -0.618 e. The van der Waals surface area contributed by atoms with Crippen LogP contribution in [0.1, 0.15) is 17.3 Å². The Morgan fingerprint density at radius 2 is 2.04 bits per heavy atom. The zero-order chi connectivity index (χ0) is 16.7. The number of nitrogens with zero attached hydrogens (tertiary/aromatic N) is 1. The average molecular weight is 331 g/mol. The second-order valence-corrected chi connectivity index (χ2v) is 5.64. The van der Waals surface area contributed by atoms with Crippen molar-refractivity contribution in [2.45, 2.75) is 11.9 Å². The Balaban J connectivity index is 1.94. The molecule has 0 radical (unpaired) electrons. The highest BCUT2D eigenvalue weighted by Gasteiger charge is 2.10. The largest absolute Gasteiger partial charge is 0.618 e. The molecule has 2 rings (SSSR count). The number of rotatable bonds is 6. The first kappa shape index (κ1) is 16.8. The van der Waals surface area contributed by atoms with Crippen molar-refractivity contribution in [2.75, 3.05) is 17.6 Å². The molecule has 7 heteroatoms. The van der Waals surface area contributed by atoms with Gasteiger partial charge >= 0.3 is 0 Å². The number of thioether (sulfide) groups is 1. The van der Waals surface area contributed by atoms with E-state index < -0.39 is 0 Å². The molecule has 0 fully saturated rings. The second kappa shape index (κ2) is 8.19. The number of aromatic nitrogens is 1. The summed E-state index contributed by atoms with van der Waals surface area (Å²) in [4.78, 5) is 23.7. The van der Waals surface area contributed by atoms with Crippen molar-refractivity contribution in [3.8, 4) is 0 Å². The maximum absolute atomic E-state index is 12.0. The lowest BCUT2D eigenvalue weighted by atomic mass is 10.2. The summed E-state index contributed by atoms with van der Waals surface area (Å²) < 4.78 is 0.716. The lowest BCUT2D eigenvalue weighted by molar-refractivity contribution is -0.645. The number of pyridine rings is 1.